The number of likely N-dealkylation sites (N-methyl/N-ethyl adjacent to an activating group) is 1. The van der Waals surface area contributed by atoms with E-state index in [9.17, 15) is 14.4 Å². The lowest BCUT2D eigenvalue weighted by atomic mass is 10.2. The average Bonchev–Trinajstić information content (AvgIpc) is 3.28. The normalized spacial score (nSPS) is 11.2. The van der Waals surface area contributed by atoms with Gasteiger partial charge in [-0.3, -0.25) is 13.9 Å². The van der Waals surface area contributed by atoms with Gasteiger partial charge < -0.3 is 28.4 Å². The van der Waals surface area contributed by atoms with E-state index in [1.165, 1.54) is 38.0 Å². The van der Waals surface area contributed by atoms with Crippen LogP contribution in [0.2, 0.25) is 0 Å². The summed E-state index contributed by atoms with van der Waals surface area (Å²) in [5.41, 5.74) is 0.0256. The largest absolute Gasteiger partial charge is 0.493 e. The SMILES string of the molecule is COc1cc(C(=O)OCCCn2c(=O)c3c(ncn3CCN(C)C)n(C)c2=O)cc(OC)c1OC. The molecule has 2 heterocycles. The highest BCUT2D eigenvalue weighted by Gasteiger charge is 2.19. The van der Waals surface area contributed by atoms with Crippen molar-refractivity contribution >= 4 is 17.1 Å². The minimum absolute atomic E-state index is 0.00299. The summed E-state index contributed by atoms with van der Waals surface area (Å²) in [5.74, 6) is 0.421. The number of rotatable bonds is 11. The number of esters is 1. The lowest BCUT2D eigenvalue weighted by Crippen LogP contribution is -2.40. The molecule has 0 aliphatic carbocycles. The standard InChI is InChI=1S/C23H31N5O7/c1-25(2)9-10-27-14-24-20-18(27)21(29)28(23(31)26(20)3)8-7-11-35-22(30)15-12-16(32-4)19(34-6)17(13-15)33-5/h12-14H,7-11H2,1-6H3. The van der Waals surface area contributed by atoms with Crippen molar-refractivity contribution in [2.24, 2.45) is 7.05 Å². The van der Waals surface area contributed by atoms with Crippen molar-refractivity contribution in [3.8, 4) is 17.2 Å². The van der Waals surface area contributed by atoms with Gasteiger partial charge >= 0.3 is 11.7 Å². The summed E-state index contributed by atoms with van der Waals surface area (Å²) in [7, 11) is 9.83. The number of benzene rings is 1. The Morgan fingerprint density at radius 2 is 1.69 bits per heavy atom. The maximum Gasteiger partial charge on any atom is 0.338 e. The molecule has 0 spiro atoms. The molecule has 0 unspecified atom stereocenters. The number of nitrogens with zero attached hydrogens (tertiary/aromatic N) is 5. The molecular formula is C23H31N5O7. The third kappa shape index (κ3) is 5.32. The van der Waals surface area contributed by atoms with Crippen molar-refractivity contribution in [1.82, 2.24) is 23.6 Å². The van der Waals surface area contributed by atoms with Gasteiger partial charge in [0.25, 0.3) is 5.56 Å². The van der Waals surface area contributed by atoms with Crippen molar-refractivity contribution in [3.63, 3.8) is 0 Å². The van der Waals surface area contributed by atoms with Crippen LogP contribution in [0.25, 0.3) is 11.2 Å². The fourth-order valence-electron chi connectivity index (χ4n) is 3.67. The van der Waals surface area contributed by atoms with Crippen LogP contribution in [0.5, 0.6) is 17.2 Å². The minimum atomic E-state index is -0.596. The average molecular weight is 490 g/mol. The molecule has 0 N–H and O–H groups in total. The summed E-state index contributed by atoms with van der Waals surface area (Å²) in [6, 6.07) is 2.99. The lowest BCUT2D eigenvalue weighted by Gasteiger charge is -2.14. The van der Waals surface area contributed by atoms with Crippen LogP contribution in [-0.2, 0) is 24.9 Å². The van der Waals surface area contributed by atoms with Gasteiger partial charge in [0.1, 0.15) is 0 Å². The molecule has 2 aromatic heterocycles. The molecule has 12 nitrogen and oxygen atoms in total. The van der Waals surface area contributed by atoms with Crippen LogP contribution in [0.3, 0.4) is 0 Å². The summed E-state index contributed by atoms with van der Waals surface area (Å²) in [6.07, 6.45) is 1.83. The smallest absolute Gasteiger partial charge is 0.338 e. The van der Waals surface area contributed by atoms with Gasteiger partial charge in [0, 0.05) is 26.7 Å². The van der Waals surface area contributed by atoms with E-state index in [1.54, 1.807) is 17.9 Å². The first-order valence-corrected chi connectivity index (χ1v) is 11.0. The molecule has 0 fully saturated rings. The molecule has 0 bridgehead atoms. The topological polar surface area (TPSA) is 119 Å². The molecule has 3 aromatic rings. The van der Waals surface area contributed by atoms with Crippen LogP contribution in [0.15, 0.2) is 28.0 Å². The second-order valence-corrected chi connectivity index (χ2v) is 8.12. The zero-order valence-electron chi connectivity index (χ0n) is 20.9. The quantitative estimate of drug-likeness (QED) is 0.284. The summed E-state index contributed by atoms with van der Waals surface area (Å²) >= 11 is 0. The highest BCUT2D eigenvalue weighted by atomic mass is 16.5. The summed E-state index contributed by atoms with van der Waals surface area (Å²) in [5, 5.41) is 0. The second-order valence-electron chi connectivity index (χ2n) is 8.12. The Labute approximate surface area is 202 Å². The van der Waals surface area contributed by atoms with Crippen molar-refractivity contribution < 1.29 is 23.7 Å². The van der Waals surface area contributed by atoms with E-state index in [0.717, 1.165) is 4.57 Å². The van der Waals surface area contributed by atoms with Crippen LogP contribution in [0.1, 0.15) is 16.8 Å². The molecule has 190 valence electrons. The number of aryl methyl sites for hydroxylation is 1. The van der Waals surface area contributed by atoms with Gasteiger partial charge in [-0.2, -0.15) is 0 Å². The molecule has 0 aliphatic heterocycles. The fraction of sp³-hybridized carbons (Fsp3) is 0.478. The first-order chi connectivity index (χ1) is 16.7. The molecule has 0 saturated carbocycles. The highest BCUT2D eigenvalue weighted by Crippen LogP contribution is 2.38. The number of fused-ring (bicyclic) bond motifs is 1. The summed E-state index contributed by atoms with van der Waals surface area (Å²) in [6.45, 7) is 1.36. The lowest BCUT2D eigenvalue weighted by molar-refractivity contribution is 0.0494. The molecule has 0 atom stereocenters. The molecule has 3 rings (SSSR count). The molecule has 0 aliphatic rings. The number of carbonyl (C=O) groups excluding carboxylic acids is 1. The van der Waals surface area contributed by atoms with E-state index in [1.807, 2.05) is 19.0 Å². The Morgan fingerprint density at radius 1 is 1.03 bits per heavy atom. The van der Waals surface area contributed by atoms with E-state index in [4.69, 9.17) is 18.9 Å². The maximum atomic E-state index is 13.1. The third-order valence-corrected chi connectivity index (χ3v) is 5.55. The summed E-state index contributed by atoms with van der Waals surface area (Å²) in [4.78, 5) is 44.7. The van der Waals surface area contributed by atoms with Crippen LogP contribution in [0, 0.1) is 0 Å². The van der Waals surface area contributed by atoms with E-state index in [0.29, 0.717) is 41.5 Å². The van der Waals surface area contributed by atoms with Gasteiger partial charge in [0.2, 0.25) is 5.75 Å². The molecule has 12 heteroatoms. The zero-order chi connectivity index (χ0) is 25.7. The van der Waals surface area contributed by atoms with Gasteiger partial charge in [0.15, 0.2) is 22.7 Å². The monoisotopic (exact) mass is 489 g/mol. The molecule has 0 saturated heterocycles. The Kier molecular flexibility index (Phi) is 8.18. The Bertz CT molecular complexity index is 1300. The highest BCUT2D eigenvalue weighted by molar-refractivity contribution is 5.91. The van der Waals surface area contributed by atoms with E-state index < -0.39 is 17.2 Å². The van der Waals surface area contributed by atoms with Gasteiger partial charge in [-0.15, -0.1) is 0 Å². The van der Waals surface area contributed by atoms with Crippen molar-refractivity contribution in [1.29, 1.82) is 0 Å². The molecular weight excluding hydrogens is 458 g/mol. The van der Waals surface area contributed by atoms with Gasteiger partial charge in [-0.1, -0.05) is 0 Å². The molecule has 1 aromatic carbocycles. The van der Waals surface area contributed by atoms with Crippen molar-refractivity contribution in [2.45, 2.75) is 19.5 Å². The molecule has 0 radical (unpaired) electrons. The first kappa shape index (κ1) is 25.8. The second kappa shape index (κ2) is 11.1. The molecule has 0 amide bonds. The number of imidazole rings is 1. The fourth-order valence-corrected chi connectivity index (χ4v) is 3.67. The van der Waals surface area contributed by atoms with Crippen LogP contribution < -0.4 is 25.5 Å². The van der Waals surface area contributed by atoms with Gasteiger partial charge in [-0.25, -0.2) is 14.6 Å². The predicted octanol–water partition coefficient (Wildman–Crippen LogP) is 0.731. The number of hydrogen-bond acceptors (Lipinski definition) is 9. The van der Waals surface area contributed by atoms with Crippen LogP contribution in [0.4, 0.5) is 0 Å². The minimum Gasteiger partial charge on any atom is -0.493 e. The van der Waals surface area contributed by atoms with Crippen molar-refractivity contribution in [3.05, 3.63) is 44.9 Å². The zero-order valence-corrected chi connectivity index (χ0v) is 20.9. The predicted molar refractivity (Wildman–Crippen MR) is 129 cm³/mol. The first-order valence-electron chi connectivity index (χ1n) is 11.0. The number of hydrogen-bond donors (Lipinski definition) is 0. The molecule has 35 heavy (non-hydrogen) atoms. The van der Waals surface area contributed by atoms with E-state index >= 15 is 0 Å². The van der Waals surface area contributed by atoms with Crippen LogP contribution in [-0.4, -0.2) is 78.1 Å². The van der Waals surface area contributed by atoms with Crippen LogP contribution >= 0.6 is 0 Å². The van der Waals surface area contributed by atoms with Crippen molar-refractivity contribution in [2.75, 3.05) is 48.6 Å². The number of ether oxygens (including phenoxy) is 4. The van der Waals surface area contributed by atoms with E-state index in [2.05, 4.69) is 4.98 Å². The maximum absolute atomic E-state index is 13.1. The van der Waals surface area contributed by atoms with Gasteiger partial charge in [0.05, 0.1) is 39.8 Å². The number of aromatic nitrogens is 4. The third-order valence-electron chi connectivity index (χ3n) is 5.55. The Morgan fingerprint density at radius 3 is 2.26 bits per heavy atom. The number of carbonyl (C=O) groups is 1. The Hall–Kier alpha value is -3.80. The van der Waals surface area contributed by atoms with E-state index in [-0.39, 0.29) is 25.1 Å². The van der Waals surface area contributed by atoms with Gasteiger partial charge in [-0.05, 0) is 32.6 Å². The number of methoxy groups -OCH3 is 3. The summed E-state index contributed by atoms with van der Waals surface area (Å²) < 4.78 is 25.4. The Balaban J connectivity index is 1.74.